The number of aromatic nitrogens is 3. The summed E-state index contributed by atoms with van der Waals surface area (Å²) in [6.07, 6.45) is 2.03. The van der Waals surface area contributed by atoms with Gasteiger partial charge in [-0.25, -0.2) is 9.67 Å². The van der Waals surface area contributed by atoms with Gasteiger partial charge in [0.25, 0.3) is 0 Å². The van der Waals surface area contributed by atoms with Crippen LogP contribution < -0.4 is 10.0 Å². The standard InChI is InChI=1S/C28H27ClN4O2/c1-5-32-14-19(26-22(15-32)25(28(34)35)20-8-6-7-9-23(20)30-26)13-21-18(4)31-33(27(21)29)24-11-10-16(2)12-17(24)3/h6-13H,5,14-15H2,1-4H3,(H,34,35)/b19-13+. The molecule has 6 nitrogen and oxygen atoms in total. The van der Waals surface area contributed by atoms with E-state index in [1.54, 1.807) is 10.7 Å². The van der Waals surface area contributed by atoms with Gasteiger partial charge in [0.05, 0.1) is 35.1 Å². The summed E-state index contributed by atoms with van der Waals surface area (Å²) in [5.74, 6) is -1.17. The zero-order chi connectivity index (χ0) is 24.9. The van der Waals surface area contributed by atoms with Crippen molar-refractivity contribution in [3.8, 4) is 5.69 Å². The topological polar surface area (TPSA) is 75.3 Å². The highest BCUT2D eigenvalue weighted by molar-refractivity contribution is 6.31. The Bertz CT molecular complexity index is 1520. The molecular weight excluding hydrogens is 460 g/mol. The number of fused-ring (bicyclic) bond motifs is 2. The molecule has 0 saturated carbocycles. The SMILES string of the molecule is CC[NH+]1C/C(=C\c2c(C)nn(-c3ccc(C)cc3C)c2Cl)c2nc3ccccc3c(C(=O)[O-])c2C1. The summed E-state index contributed by atoms with van der Waals surface area (Å²) in [7, 11) is 0. The van der Waals surface area contributed by atoms with E-state index in [4.69, 9.17) is 21.7 Å². The van der Waals surface area contributed by atoms with Crippen LogP contribution >= 0.6 is 11.6 Å². The molecule has 0 radical (unpaired) electrons. The number of carbonyl (C=O) groups excluding carboxylic acids is 1. The van der Waals surface area contributed by atoms with Gasteiger partial charge in [-0.3, -0.25) is 0 Å². The van der Waals surface area contributed by atoms with Gasteiger partial charge in [0, 0.05) is 27.6 Å². The fraction of sp³-hybridized carbons (Fsp3) is 0.250. The van der Waals surface area contributed by atoms with Crippen LogP contribution in [0.2, 0.25) is 5.15 Å². The lowest BCUT2D eigenvalue weighted by atomic mass is 9.92. The Hall–Kier alpha value is -3.48. The Morgan fingerprint density at radius 1 is 1.17 bits per heavy atom. The van der Waals surface area contributed by atoms with E-state index in [1.165, 1.54) is 10.5 Å². The molecule has 3 heterocycles. The zero-order valence-corrected chi connectivity index (χ0v) is 21.0. The second-order valence-electron chi connectivity index (χ2n) is 9.24. The zero-order valence-electron chi connectivity index (χ0n) is 20.3. The van der Waals surface area contributed by atoms with Gasteiger partial charge >= 0.3 is 0 Å². The van der Waals surface area contributed by atoms with Gasteiger partial charge in [0.15, 0.2) is 0 Å². The lowest BCUT2D eigenvalue weighted by molar-refractivity contribution is -0.905. The molecule has 2 aromatic carbocycles. The highest BCUT2D eigenvalue weighted by Crippen LogP contribution is 2.33. The van der Waals surface area contributed by atoms with E-state index in [2.05, 4.69) is 19.9 Å². The number of carboxylic acids is 1. The van der Waals surface area contributed by atoms with E-state index in [1.807, 2.05) is 50.3 Å². The number of quaternary nitrogens is 1. The van der Waals surface area contributed by atoms with Crippen molar-refractivity contribution in [2.24, 2.45) is 0 Å². The van der Waals surface area contributed by atoms with Crippen molar-refractivity contribution < 1.29 is 14.8 Å². The van der Waals surface area contributed by atoms with Crippen LogP contribution in [0.25, 0.3) is 28.2 Å². The summed E-state index contributed by atoms with van der Waals surface area (Å²) < 4.78 is 1.77. The molecule has 1 unspecified atom stereocenters. The van der Waals surface area contributed by atoms with Crippen LogP contribution in [0.1, 0.15) is 50.9 Å². The Labute approximate surface area is 209 Å². The van der Waals surface area contributed by atoms with Gasteiger partial charge < -0.3 is 14.8 Å². The average molecular weight is 487 g/mol. The number of carbonyl (C=O) groups is 1. The second kappa shape index (κ2) is 8.95. The minimum atomic E-state index is -1.17. The smallest absolute Gasteiger partial charge is 0.140 e. The number of aromatic carboxylic acids is 1. The molecule has 1 aliphatic rings. The first kappa shape index (κ1) is 23.3. The first-order chi connectivity index (χ1) is 16.8. The van der Waals surface area contributed by atoms with Crippen molar-refractivity contribution in [1.29, 1.82) is 0 Å². The number of nitrogens with zero attached hydrogens (tertiary/aromatic N) is 3. The fourth-order valence-electron chi connectivity index (χ4n) is 5.01. The van der Waals surface area contributed by atoms with E-state index >= 15 is 0 Å². The van der Waals surface area contributed by atoms with Crippen LogP contribution in [-0.2, 0) is 6.54 Å². The van der Waals surface area contributed by atoms with Crippen LogP contribution in [0, 0.1) is 20.8 Å². The first-order valence-electron chi connectivity index (χ1n) is 11.8. The molecular formula is C28H27ClN4O2. The van der Waals surface area contributed by atoms with Crippen molar-refractivity contribution in [3.05, 3.63) is 86.8 Å². The summed E-state index contributed by atoms with van der Waals surface area (Å²) in [5.41, 5.74) is 8.05. The van der Waals surface area contributed by atoms with E-state index in [0.29, 0.717) is 40.4 Å². The number of hydrogen-bond donors (Lipinski definition) is 1. The number of carboxylic acid groups (broad SMARTS) is 1. The number of benzene rings is 2. The number of hydrogen-bond acceptors (Lipinski definition) is 4. The monoisotopic (exact) mass is 486 g/mol. The van der Waals surface area contributed by atoms with Crippen molar-refractivity contribution in [2.75, 3.05) is 13.1 Å². The maximum absolute atomic E-state index is 12.3. The maximum Gasteiger partial charge on any atom is 0.140 e. The first-order valence-corrected chi connectivity index (χ1v) is 12.2. The molecule has 35 heavy (non-hydrogen) atoms. The molecule has 2 aromatic heterocycles. The van der Waals surface area contributed by atoms with Gasteiger partial charge in [0.1, 0.15) is 18.2 Å². The van der Waals surface area contributed by atoms with Crippen LogP contribution in [0.5, 0.6) is 0 Å². The Morgan fingerprint density at radius 2 is 1.94 bits per heavy atom. The molecule has 0 fully saturated rings. The lowest BCUT2D eigenvalue weighted by Gasteiger charge is -2.29. The highest BCUT2D eigenvalue weighted by atomic mass is 35.5. The van der Waals surface area contributed by atoms with E-state index in [-0.39, 0.29) is 5.56 Å². The van der Waals surface area contributed by atoms with E-state index < -0.39 is 5.97 Å². The number of nitrogens with one attached hydrogen (secondary N) is 1. The van der Waals surface area contributed by atoms with Gasteiger partial charge in [-0.05, 0) is 51.5 Å². The normalized spacial score (nSPS) is 16.6. The molecule has 0 saturated heterocycles. The van der Waals surface area contributed by atoms with Crippen molar-refractivity contribution in [1.82, 2.24) is 14.8 Å². The van der Waals surface area contributed by atoms with E-state index in [9.17, 15) is 9.90 Å². The molecule has 0 spiro atoms. The van der Waals surface area contributed by atoms with Crippen molar-refractivity contribution >= 4 is 40.1 Å². The number of likely N-dealkylation sites (N-methyl/N-ethyl adjacent to an activating group) is 1. The molecule has 1 N–H and O–H groups in total. The Morgan fingerprint density at radius 3 is 2.66 bits per heavy atom. The lowest BCUT2D eigenvalue weighted by Crippen LogP contribution is -3.11. The summed E-state index contributed by atoms with van der Waals surface area (Å²) in [6, 6.07) is 13.5. The second-order valence-corrected chi connectivity index (χ2v) is 9.59. The predicted octanol–water partition coefficient (Wildman–Crippen LogP) is 3.32. The predicted molar refractivity (Wildman–Crippen MR) is 137 cm³/mol. The van der Waals surface area contributed by atoms with Gasteiger partial charge in [-0.15, -0.1) is 0 Å². The molecule has 1 aliphatic heterocycles. The largest absolute Gasteiger partial charge is 0.545 e. The molecule has 0 amide bonds. The van der Waals surface area contributed by atoms with Gasteiger partial charge in [0.2, 0.25) is 0 Å². The number of halogens is 1. The van der Waals surface area contributed by atoms with Gasteiger partial charge in [-0.2, -0.15) is 5.10 Å². The molecule has 4 aromatic rings. The van der Waals surface area contributed by atoms with Gasteiger partial charge in [-0.1, -0.05) is 47.5 Å². The number of pyridine rings is 1. The van der Waals surface area contributed by atoms with E-state index in [0.717, 1.165) is 34.6 Å². The molecule has 7 heteroatoms. The summed E-state index contributed by atoms with van der Waals surface area (Å²) in [5, 5.41) is 18.1. The van der Waals surface area contributed by atoms with Crippen LogP contribution in [-0.4, -0.2) is 33.8 Å². The molecule has 178 valence electrons. The summed E-state index contributed by atoms with van der Waals surface area (Å²) in [4.78, 5) is 18.4. The van der Waals surface area contributed by atoms with Crippen LogP contribution in [0.15, 0.2) is 42.5 Å². The number of rotatable bonds is 4. The Kier molecular flexibility index (Phi) is 5.95. The molecule has 0 aliphatic carbocycles. The minimum Gasteiger partial charge on any atom is -0.545 e. The third-order valence-corrected chi connectivity index (χ3v) is 7.18. The van der Waals surface area contributed by atoms with Crippen LogP contribution in [0.3, 0.4) is 0 Å². The molecule has 0 bridgehead atoms. The van der Waals surface area contributed by atoms with Crippen molar-refractivity contribution in [2.45, 2.75) is 34.2 Å². The summed E-state index contributed by atoms with van der Waals surface area (Å²) >= 11 is 6.89. The quantitative estimate of drug-likeness (QED) is 0.480. The van der Waals surface area contributed by atoms with Crippen molar-refractivity contribution in [3.63, 3.8) is 0 Å². The highest BCUT2D eigenvalue weighted by Gasteiger charge is 2.29. The summed E-state index contributed by atoms with van der Waals surface area (Å²) in [6.45, 7) is 10.3. The average Bonchev–Trinajstić information content (AvgIpc) is 3.10. The Balaban J connectivity index is 1.72. The third kappa shape index (κ3) is 4.03. The number of aryl methyl sites for hydroxylation is 3. The van der Waals surface area contributed by atoms with Crippen LogP contribution in [0.4, 0.5) is 0 Å². The molecule has 5 rings (SSSR count). The third-order valence-electron chi connectivity index (χ3n) is 6.82. The fourth-order valence-corrected chi connectivity index (χ4v) is 5.33. The molecule has 1 atom stereocenters. The number of para-hydroxylation sites is 1. The minimum absolute atomic E-state index is 0.232. The maximum atomic E-state index is 12.3.